The van der Waals surface area contributed by atoms with Crippen LogP contribution in [0.5, 0.6) is 0 Å². The van der Waals surface area contributed by atoms with Gasteiger partial charge in [-0.1, -0.05) is 0 Å². The standard InChI is InChI=1S/C10H17N3O2S/c1-8-3-4-12-6-10(8)7-13-16(14,15)9(2)5-11/h3-4,6,9,13H,5,7,11H2,1-2H3. The summed E-state index contributed by atoms with van der Waals surface area (Å²) in [5.41, 5.74) is 7.21. The first-order valence-electron chi connectivity index (χ1n) is 5.05. The van der Waals surface area contributed by atoms with Crippen LogP contribution in [-0.2, 0) is 16.6 Å². The van der Waals surface area contributed by atoms with E-state index in [-0.39, 0.29) is 13.1 Å². The molecule has 1 rings (SSSR count). The molecule has 1 atom stereocenters. The van der Waals surface area contributed by atoms with Crippen molar-refractivity contribution in [2.75, 3.05) is 6.54 Å². The van der Waals surface area contributed by atoms with E-state index in [4.69, 9.17) is 5.73 Å². The Morgan fingerprint density at radius 1 is 1.56 bits per heavy atom. The van der Waals surface area contributed by atoms with E-state index in [0.29, 0.717) is 0 Å². The van der Waals surface area contributed by atoms with Gasteiger partial charge in [0.25, 0.3) is 0 Å². The first-order chi connectivity index (χ1) is 7.47. The minimum Gasteiger partial charge on any atom is -0.329 e. The van der Waals surface area contributed by atoms with Gasteiger partial charge in [0.1, 0.15) is 0 Å². The van der Waals surface area contributed by atoms with Crippen molar-refractivity contribution >= 4 is 10.0 Å². The van der Waals surface area contributed by atoms with Crippen LogP contribution in [0.3, 0.4) is 0 Å². The second-order valence-electron chi connectivity index (χ2n) is 3.71. The van der Waals surface area contributed by atoms with E-state index < -0.39 is 15.3 Å². The fraction of sp³-hybridized carbons (Fsp3) is 0.500. The maximum atomic E-state index is 11.6. The van der Waals surface area contributed by atoms with Gasteiger partial charge in [-0.2, -0.15) is 0 Å². The Bertz CT molecular complexity index is 445. The number of nitrogens with one attached hydrogen (secondary N) is 1. The van der Waals surface area contributed by atoms with Gasteiger partial charge < -0.3 is 5.73 Å². The number of rotatable bonds is 5. The number of nitrogens with two attached hydrogens (primary N) is 1. The molecule has 1 aromatic heterocycles. The van der Waals surface area contributed by atoms with Crippen molar-refractivity contribution in [1.29, 1.82) is 0 Å². The Kier molecular flexibility index (Phi) is 4.40. The fourth-order valence-corrected chi connectivity index (χ4v) is 2.02. The molecule has 0 aliphatic rings. The van der Waals surface area contributed by atoms with Crippen molar-refractivity contribution in [3.63, 3.8) is 0 Å². The molecule has 0 fully saturated rings. The topological polar surface area (TPSA) is 85.1 Å². The van der Waals surface area contributed by atoms with E-state index in [2.05, 4.69) is 9.71 Å². The van der Waals surface area contributed by atoms with Crippen molar-refractivity contribution in [1.82, 2.24) is 9.71 Å². The third-order valence-corrected chi connectivity index (χ3v) is 4.27. The lowest BCUT2D eigenvalue weighted by Gasteiger charge is -2.12. The van der Waals surface area contributed by atoms with E-state index in [9.17, 15) is 8.42 Å². The van der Waals surface area contributed by atoms with E-state index >= 15 is 0 Å². The molecule has 0 saturated heterocycles. The Labute approximate surface area is 96.1 Å². The van der Waals surface area contributed by atoms with Crippen LogP contribution in [-0.4, -0.2) is 25.2 Å². The van der Waals surface area contributed by atoms with Crippen LogP contribution in [0.4, 0.5) is 0 Å². The van der Waals surface area contributed by atoms with Crippen LogP contribution in [0.15, 0.2) is 18.5 Å². The predicted molar refractivity (Wildman–Crippen MR) is 63.2 cm³/mol. The highest BCUT2D eigenvalue weighted by molar-refractivity contribution is 7.90. The summed E-state index contributed by atoms with van der Waals surface area (Å²) in [6.45, 7) is 3.86. The molecule has 1 heterocycles. The number of sulfonamides is 1. The number of hydrogen-bond donors (Lipinski definition) is 2. The maximum absolute atomic E-state index is 11.6. The number of hydrogen-bond acceptors (Lipinski definition) is 4. The molecule has 0 saturated carbocycles. The summed E-state index contributed by atoms with van der Waals surface area (Å²) in [5, 5.41) is -0.579. The van der Waals surface area contributed by atoms with Gasteiger partial charge in [-0.05, 0) is 31.0 Å². The molecular weight excluding hydrogens is 226 g/mol. The van der Waals surface area contributed by atoms with Gasteiger partial charge in [-0.15, -0.1) is 0 Å². The van der Waals surface area contributed by atoms with Gasteiger partial charge in [-0.25, -0.2) is 13.1 Å². The van der Waals surface area contributed by atoms with Crippen molar-refractivity contribution in [2.24, 2.45) is 5.73 Å². The maximum Gasteiger partial charge on any atom is 0.215 e. The molecule has 6 heteroatoms. The summed E-state index contributed by atoms with van der Waals surface area (Å²) < 4.78 is 25.8. The average Bonchev–Trinajstić information content (AvgIpc) is 2.27. The van der Waals surface area contributed by atoms with Crippen LogP contribution in [0.25, 0.3) is 0 Å². The second-order valence-corrected chi connectivity index (χ2v) is 5.90. The van der Waals surface area contributed by atoms with Crippen LogP contribution in [0.2, 0.25) is 0 Å². The minimum atomic E-state index is -3.33. The van der Waals surface area contributed by atoms with Gasteiger partial charge in [0.2, 0.25) is 10.0 Å². The Balaban J connectivity index is 2.69. The highest BCUT2D eigenvalue weighted by Crippen LogP contribution is 2.06. The molecule has 0 amide bonds. The van der Waals surface area contributed by atoms with E-state index in [1.807, 2.05) is 13.0 Å². The van der Waals surface area contributed by atoms with Crippen LogP contribution in [0.1, 0.15) is 18.1 Å². The number of aryl methyl sites for hydroxylation is 1. The lowest BCUT2D eigenvalue weighted by molar-refractivity contribution is 0.568. The molecule has 16 heavy (non-hydrogen) atoms. The first kappa shape index (κ1) is 13.1. The summed E-state index contributed by atoms with van der Waals surface area (Å²) in [6.07, 6.45) is 3.33. The van der Waals surface area contributed by atoms with E-state index in [0.717, 1.165) is 11.1 Å². The number of nitrogens with zero attached hydrogens (tertiary/aromatic N) is 1. The Hall–Kier alpha value is -0.980. The molecular formula is C10H17N3O2S. The number of pyridine rings is 1. The van der Waals surface area contributed by atoms with Gasteiger partial charge in [0.05, 0.1) is 5.25 Å². The van der Waals surface area contributed by atoms with Crippen LogP contribution in [0, 0.1) is 6.92 Å². The second kappa shape index (κ2) is 5.38. The fourth-order valence-electron chi connectivity index (χ4n) is 1.13. The zero-order chi connectivity index (χ0) is 12.2. The van der Waals surface area contributed by atoms with E-state index in [1.54, 1.807) is 19.3 Å². The van der Waals surface area contributed by atoms with Crippen molar-refractivity contribution in [3.05, 3.63) is 29.6 Å². The molecule has 0 radical (unpaired) electrons. The summed E-state index contributed by atoms with van der Waals surface area (Å²) in [4.78, 5) is 3.95. The molecule has 0 aliphatic carbocycles. The summed E-state index contributed by atoms with van der Waals surface area (Å²) in [5.74, 6) is 0. The monoisotopic (exact) mass is 243 g/mol. The molecule has 0 spiro atoms. The largest absolute Gasteiger partial charge is 0.329 e. The van der Waals surface area contributed by atoms with Crippen molar-refractivity contribution in [3.8, 4) is 0 Å². The normalized spacial score (nSPS) is 13.7. The van der Waals surface area contributed by atoms with Gasteiger partial charge in [-0.3, -0.25) is 4.98 Å². The molecule has 0 bridgehead atoms. The van der Waals surface area contributed by atoms with Gasteiger partial charge >= 0.3 is 0 Å². The first-order valence-corrected chi connectivity index (χ1v) is 6.60. The highest BCUT2D eigenvalue weighted by atomic mass is 32.2. The van der Waals surface area contributed by atoms with Crippen LogP contribution < -0.4 is 10.5 Å². The SMILES string of the molecule is Cc1ccncc1CNS(=O)(=O)C(C)CN. The van der Waals surface area contributed by atoms with Gasteiger partial charge in [0.15, 0.2) is 0 Å². The lowest BCUT2D eigenvalue weighted by atomic mass is 10.2. The smallest absolute Gasteiger partial charge is 0.215 e. The molecule has 0 aliphatic heterocycles. The van der Waals surface area contributed by atoms with E-state index in [1.165, 1.54) is 0 Å². The molecule has 1 aromatic rings. The zero-order valence-corrected chi connectivity index (χ0v) is 10.3. The molecule has 1 unspecified atom stereocenters. The Morgan fingerprint density at radius 3 is 2.81 bits per heavy atom. The molecule has 90 valence electrons. The number of aromatic nitrogens is 1. The average molecular weight is 243 g/mol. The molecule has 0 aromatic carbocycles. The van der Waals surface area contributed by atoms with Crippen molar-refractivity contribution < 1.29 is 8.42 Å². The third kappa shape index (κ3) is 3.26. The lowest BCUT2D eigenvalue weighted by Crippen LogP contribution is -2.36. The predicted octanol–water partition coefficient (Wildman–Crippen LogP) is 0.157. The third-order valence-electron chi connectivity index (χ3n) is 2.47. The quantitative estimate of drug-likeness (QED) is 0.771. The molecule has 3 N–H and O–H groups in total. The summed E-state index contributed by atoms with van der Waals surface area (Å²) in [7, 11) is -3.33. The minimum absolute atomic E-state index is 0.112. The highest BCUT2D eigenvalue weighted by Gasteiger charge is 2.18. The van der Waals surface area contributed by atoms with Crippen LogP contribution >= 0.6 is 0 Å². The zero-order valence-electron chi connectivity index (χ0n) is 9.47. The van der Waals surface area contributed by atoms with Crippen molar-refractivity contribution in [2.45, 2.75) is 25.6 Å². The summed E-state index contributed by atoms with van der Waals surface area (Å²) >= 11 is 0. The molecule has 5 nitrogen and oxygen atoms in total. The Morgan fingerprint density at radius 2 is 2.25 bits per heavy atom. The summed E-state index contributed by atoms with van der Waals surface area (Å²) in [6, 6.07) is 1.84. The van der Waals surface area contributed by atoms with Gasteiger partial charge in [0, 0.05) is 25.5 Å².